The number of nitrogens with zero attached hydrogens (tertiary/aromatic N) is 3. The summed E-state index contributed by atoms with van der Waals surface area (Å²) in [6.45, 7) is 2.97. The van der Waals surface area contributed by atoms with Crippen LogP contribution in [-0.2, 0) is 11.0 Å². The lowest BCUT2D eigenvalue weighted by Gasteiger charge is -2.36. The molecule has 3 rings (SSSR count). The fourth-order valence-corrected chi connectivity index (χ4v) is 3.67. The summed E-state index contributed by atoms with van der Waals surface area (Å²) >= 11 is 0. The molecule has 0 spiro atoms. The van der Waals surface area contributed by atoms with Crippen molar-refractivity contribution in [3.05, 3.63) is 63.7 Å². The van der Waals surface area contributed by atoms with Gasteiger partial charge in [0, 0.05) is 44.2 Å². The number of benzene rings is 2. The minimum atomic E-state index is -4.67. The normalized spacial score (nSPS) is 14.1. The molecule has 34 heavy (non-hydrogen) atoms. The van der Waals surface area contributed by atoms with Gasteiger partial charge in [-0.3, -0.25) is 19.7 Å². The topological polar surface area (TPSA) is 93.0 Å². The van der Waals surface area contributed by atoms with Crippen LogP contribution in [0.5, 0.6) is 5.75 Å². The highest BCUT2D eigenvalue weighted by Gasteiger charge is 2.34. The molecule has 0 unspecified atom stereocenters. The van der Waals surface area contributed by atoms with Gasteiger partial charge in [-0.2, -0.15) is 13.2 Å². The molecule has 1 amide bonds. The first-order valence-electron chi connectivity index (χ1n) is 10.7. The monoisotopic (exact) mass is 479 g/mol. The zero-order valence-corrected chi connectivity index (χ0v) is 18.5. The molecule has 0 aliphatic carbocycles. The van der Waals surface area contributed by atoms with Gasteiger partial charge in [-0.25, -0.2) is 0 Å². The first-order valence-corrected chi connectivity index (χ1v) is 10.7. The van der Waals surface area contributed by atoms with Crippen LogP contribution < -0.4 is 9.64 Å². The molecule has 182 valence electrons. The summed E-state index contributed by atoms with van der Waals surface area (Å²) < 4.78 is 44.3. The van der Waals surface area contributed by atoms with Crippen LogP contribution in [0.15, 0.2) is 42.5 Å². The van der Waals surface area contributed by atoms with Crippen molar-refractivity contribution in [2.24, 2.45) is 0 Å². The summed E-state index contributed by atoms with van der Waals surface area (Å²) in [5.41, 5.74) is -0.991. The van der Waals surface area contributed by atoms with E-state index in [9.17, 15) is 32.9 Å². The lowest BCUT2D eigenvalue weighted by atomic mass is 10.1. The largest absolute Gasteiger partial charge is 0.494 e. The van der Waals surface area contributed by atoms with Crippen molar-refractivity contribution in [2.45, 2.75) is 25.9 Å². The number of hydrogen-bond acceptors (Lipinski definition) is 6. The number of alkyl halides is 3. The van der Waals surface area contributed by atoms with Crippen LogP contribution >= 0.6 is 0 Å². The molecule has 1 heterocycles. The van der Waals surface area contributed by atoms with E-state index in [1.165, 1.54) is 6.92 Å². The molecule has 0 radical (unpaired) electrons. The molecule has 8 nitrogen and oxygen atoms in total. The zero-order chi connectivity index (χ0) is 24.9. The number of ketones is 1. The molecule has 11 heteroatoms. The van der Waals surface area contributed by atoms with Crippen LogP contribution in [0.2, 0.25) is 0 Å². The maximum Gasteiger partial charge on any atom is 0.416 e. The van der Waals surface area contributed by atoms with E-state index in [2.05, 4.69) is 0 Å². The van der Waals surface area contributed by atoms with E-state index >= 15 is 0 Å². The molecular weight excluding hydrogens is 455 g/mol. The number of hydrogen-bond donors (Lipinski definition) is 0. The first-order chi connectivity index (χ1) is 16.1. The van der Waals surface area contributed by atoms with Crippen LogP contribution in [0.25, 0.3) is 0 Å². The molecule has 0 aromatic heterocycles. The van der Waals surface area contributed by atoms with Gasteiger partial charge in [-0.15, -0.1) is 0 Å². The maximum absolute atomic E-state index is 12.9. The molecule has 1 aliphatic heterocycles. The van der Waals surface area contributed by atoms with E-state index in [4.69, 9.17) is 4.74 Å². The van der Waals surface area contributed by atoms with Gasteiger partial charge in [-0.1, -0.05) is 0 Å². The smallest absolute Gasteiger partial charge is 0.416 e. The van der Waals surface area contributed by atoms with Gasteiger partial charge >= 0.3 is 6.18 Å². The Morgan fingerprint density at radius 3 is 2.26 bits per heavy atom. The molecule has 0 atom stereocenters. The predicted octanol–water partition coefficient (Wildman–Crippen LogP) is 4.32. The minimum Gasteiger partial charge on any atom is -0.494 e. The third kappa shape index (κ3) is 6.24. The van der Waals surface area contributed by atoms with Crippen molar-refractivity contribution in [1.29, 1.82) is 0 Å². The Morgan fingerprint density at radius 1 is 1.06 bits per heavy atom. The van der Waals surface area contributed by atoms with Gasteiger partial charge in [0.25, 0.3) is 5.69 Å². The molecule has 0 N–H and O–H groups in total. The number of Topliss-reactive ketones (excluding diaryl/α,β-unsaturated/α-hetero) is 1. The van der Waals surface area contributed by atoms with Crippen molar-refractivity contribution in [2.75, 3.05) is 37.7 Å². The number of piperazine rings is 1. The summed E-state index contributed by atoms with van der Waals surface area (Å²) in [5, 5.41) is 11.3. The second-order valence-corrected chi connectivity index (χ2v) is 7.86. The van der Waals surface area contributed by atoms with Crippen LogP contribution in [0.4, 0.5) is 24.5 Å². The Morgan fingerprint density at radius 2 is 1.71 bits per heavy atom. The second kappa shape index (κ2) is 10.5. The Bertz CT molecular complexity index is 1050. The molecular formula is C23H24F3N3O5. The van der Waals surface area contributed by atoms with Crippen molar-refractivity contribution >= 4 is 23.1 Å². The highest BCUT2D eigenvalue weighted by atomic mass is 19.4. The zero-order valence-electron chi connectivity index (χ0n) is 18.5. The maximum atomic E-state index is 12.9. The number of carbonyl (C=O) groups is 2. The van der Waals surface area contributed by atoms with Crippen molar-refractivity contribution in [3.8, 4) is 5.75 Å². The number of amides is 1. The third-order valence-corrected chi connectivity index (χ3v) is 5.54. The SMILES string of the molecule is CC(=O)c1ccc(OCCCC(=O)N2CCN(c3ccc(C(F)(F)F)cc3[N+](=O)[O-])CC2)cc1. The highest BCUT2D eigenvalue weighted by Crippen LogP contribution is 2.36. The standard InChI is InChI=1S/C23H24F3N3O5/c1-16(30)17-4-7-19(8-5-17)34-14-2-3-22(31)28-12-10-27(11-13-28)20-9-6-18(23(24,25)26)15-21(20)29(32)33/h4-9,15H,2-3,10-14H2,1H3. The Hall–Kier alpha value is -3.63. The van der Waals surface area contributed by atoms with Gasteiger partial charge in [0.15, 0.2) is 5.78 Å². The fraction of sp³-hybridized carbons (Fsp3) is 0.391. The summed E-state index contributed by atoms with van der Waals surface area (Å²) in [7, 11) is 0. The Balaban J connectivity index is 1.48. The number of nitro benzene ring substituents is 1. The van der Waals surface area contributed by atoms with E-state index < -0.39 is 22.4 Å². The molecule has 0 bridgehead atoms. The number of ether oxygens (including phenoxy) is 1. The van der Waals surface area contributed by atoms with Gasteiger partial charge < -0.3 is 14.5 Å². The van der Waals surface area contributed by atoms with Crippen LogP contribution in [-0.4, -0.2) is 54.3 Å². The molecule has 2 aromatic carbocycles. The highest BCUT2D eigenvalue weighted by molar-refractivity contribution is 5.94. The first kappa shape index (κ1) is 25.0. The average Bonchev–Trinajstić information content (AvgIpc) is 2.81. The Labute approximate surface area is 194 Å². The van der Waals surface area contributed by atoms with Crippen LogP contribution in [0, 0.1) is 10.1 Å². The fourth-order valence-electron chi connectivity index (χ4n) is 3.67. The van der Waals surface area contributed by atoms with Gasteiger partial charge in [0.1, 0.15) is 11.4 Å². The number of carbonyl (C=O) groups excluding carboxylic acids is 2. The van der Waals surface area contributed by atoms with Gasteiger partial charge in [0.05, 0.1) is 17.1 Å². The lowest BCUT2D eigenvalue weighted by molar-refractivity contribution is -0.384. The molecule has 1 saturated heterocycles. The van der Waals surface area contributed by atoms with E-state index in [-0.39, 0.29) is 36.9 Å². The van der Waals surface area contributed by atoms with E-state index in [1.807, 2.05) is 0 Å². The number of anilines is 1. The molecule has 2 aromatic rings. The third-order valence-electron chi connectivity index (χ3n) is 5.54. The van der Waals surface area contributed by atoms with Crippen molar-refractivity contribution in [3.63, 3.8) is 0 Å². The number of halogens is 3. The van der Waals surface area contributed by atoms with E-state index in [1.54, 1.807) is 34.1 Å². The number of rotatable bonds is 8. The van der Waals surface area contributed by atoms with Gasteiger partial charge in [0.2, 0.25) is 5.91 Å². The quantitative estimate of drug-likeness (QED) is 0.242. The lowest BCUT2D eigenvalue weighted by Crippen LogP contribution is -2.49. The second-order valence-electron chi connectivity index (χ2n) is 7.86. The summed E-state index contributed by atoms with van der Waals surface area (Å²) in [5.74, 6) is 0.478. The van der Waals surface area contributed by atoms with Crippen LogP contribution in [0.3, 0.4) is 0 Å². The summed E-state index contributed by atoms with van der Waals surface area (Å²) in [6, 6.07) is 9.20. The molecule has 1 aliphatic rings. The van der Waals surface area contributed by atoms with E-state index in [0.717, 1.165) is 12.1 Å². The minimum absolute atomic E-state index is 0.0369. The molecule has 0 saturated carbocycles. The van der Waals surface area contributed by atoms with Gasteiger partial charge in [-0.05, 0) is 49.7 Å². The molecule has 1 fully saturated rings. The van der Waals surface area contributed by atoms with E-state index in [0.29, 0.717) is 43.5 Å². The predicted molar refractivity (Wildman–Crippen MR) is 118 cm³/mol. The average molecular weight is 479 g/mol. The number of nitro groups is 1. The van der Waals surface area contributed by atoms with Crippen molar-refractivity contribution in [1.82, 2.24) is 4.90 Å². The van der Waals surface area contributed by atoms with Crippen LogP contribution in [0.1, 0.15) is 35.7 Å². The Kier molecular flexibility index (Phi) is 7.75. The van der Waals surface area contributed by atoms with Crippen molar-refractivity contribution < 1.29 is 32.4 Å². The summed E-state index contributed by atoms with van der Waals surface area (Å²) in [4.78, 5) is 37.5. The summed E-state index contributed by atoms with van der Waals surface area (Å²) in [6.07, 6.45) is -3.93.